The Morgan fingerprint density at radius 3 is 2.94 bits per heavy atom. The Morgan fingerprint density at radius 1 is 1.39 bits per heavy atom. The highest BCUT2D eigenvalue weighted by atomic mass is 35.7. The van der Waals surface area contributed by atoms with Crippen LogP contribution in [-0.4, -0.2) is 53.3 Å². The number of morpholine rings is 1. The summed E-state index contributed by atoms with van der Waals surface area (Å²) in [5.74, 6) is -0.494. The van der Waals surface area contributed by atoms with Crippen molar-refractivity contribution >= 4 is 56.6 Å². The highest BCUT2D eigenvalue weighted by molar-refractivity contribution is 8.21. The zero-order chi connectivity index (χ0) is 22.1. The van der Waals surface area contributed by atoms with Crippen molar-refractivity contribution in [2.45, 2.75) is 17.4 Å². The Bertz CT molecular complexity index is 1140. The number of halogens is 4. The first-order chi connectivity index (χ1) is 14.9. The summed E-state index contributed by atoms with van der Waals surface area (Å²) in [6.45, 7) is 1.19. The number of pyridine rings is 1. The second kappa shape index (κ2) is 9.42. The van der Waals surface area contributed by atoms with Crippen LogP contribution >= 0.6 is 44.9 Å². The third-order valence-corrected chi connectivity index (χ3v) is 6.57. The molecule has 2 aromatic heterocycles. The van der Waals surface area contributed by atoms with E-state index in [4.69, 9.17) is 43.4 Å². The van der Waals surface area contributed by atoms with Gasteiger partial charge in [0.25, 0.3) is 0 Å². The third-order valence-electron chi connectivity index (χ3n) is 5.04. The fourth-order valence-electron chi connectivity index (χ4n) is 3.60. The number of aromatic nitrogens is 2. The molecule has 1 amide bonds. The van der Waals surface area contributed by atoms with Crippen LogP contribution < -0.4 is 0 Å². The molecule has 0 N–H and O–H groups in total. The summed E-state index contributed by atoms with van der Waals surface area (Å²) in [5, 5.41) is 0.841. The SMILES string of the molecule is COC(=O)N1CCOC(Cc2c(-c3cc(F)c(SCl)cc3Cl)nc3cc(Cl)ccn23)C1. The summed E-state index contributed by atoms with van der Waals surface area (Å²) in [4.78, 5) is 18.4. The van der Waals surface area contributed by atoms with Crippen molar-refractivity contribution in [2.75, 3.05) is 26.8 Å². The quantitative estimate of drug-likeness (QED) is 0.456. The van der Waals surface area contributed by atoms with Crippen molar-refractivity contribution in [3.8, 4) is 11.3 Å². The van der Waals surface area contributed by atoms with Crippen molar-refractivity contribution in [1.29, 1.82) is 0 Å². The van der Waals surface area contributed by atoms with Gasteiger partial charge in [-0.25, -0.2) is 14.2 Å². The van der Waals surface area contributed by atoms with Crippen molar-refractivity contribution < 1.29 is 18.7 Å². The molecular weight excluding hydrogens is 488 g/mol. The van der Waals surface area contributed by atoms with Crippen LogP contribution in [0, 0.1) is 5.82 Å². The number of ether oxygens (including phenoxy) is 2. The molecule has 1 atom stereocenters. The number of nitrogens with zero attached hydrogens (tertiary/aromatic N) is 3. The Kier molecular flexibility index (Phi) is 6.83. The average molecular weight is 505 g/mol. The van der Waals surface area contributed by atoms with Gasteiger partial charge < -0.3 is 18.8 Å². The molecule has 0 spiro atoms. The first kappa shape index (κ1) is 22.5. The lowest BCUT2D eigenvalue weighted by Gasteiger charge is -2.32. The Labute approximate surface area is 196 Å². The van der Waals surface area contributed by atoms with Crippen LogP contribution in [0.15, 0.2) is 35.4 Å². The predicted molar refractivity (Wildman–Crippen MR) is 120 cm³/mol. The molecule has 0 saturated carbocycles. The van der Waals surface area contributed by atoms with Gasteiger partial charge in [-0.05, 0) is 39.9 Å². The highest BCUT2D eigenvalue weighted by Crippen LogP contribution is 2.37. The molecule has 0 aliphatic carbocycles. The number of methoxy groups -OCH3 is 1. The van der Waals surface area contributed by atoms with E-state index in [1.165, 1.54) is 19.2 Å². The second-order valence-corrected chi connectivity index (χ2v) is 8.83. The van der Waals surface area contributed by atoms with Gasteiger partial charge in [0.1, 0.15) is 11.5 Å². The van der Waals surface area contributed by atoms with Gasteiger partial charge >= 0.3 is 6.09 Å². The van der Waals surface area contributed by atoms with E-state index in [2.05, 4.69) is 4.98 Å². The van der Waals surface area contributed by atoms with Crippen LogP contribution in [-0.2, 0) is 15.9 Å². The zero-order valence-electron chi connectivity index (χ0n) is 16.3. The minimum absolute atomic E-state index is 0.230. The Morgan fingerprint density at radius 2 is 2.19 bits per heavy atom. The first-order valence-electron chi connectivity index (χ1n) is 9.30. The molecule has 1 fully saturated rings. The summed E-state index contributed by atoms with van der Waals surface area (Å²) in [6, 6.07) is 6.24. The molecular formula is C20H17Cl3FN3O3S. The molecule has 3 heterocycles. The molecule has 11 heteroatoms. The van der Waals surface area contributed by atoms with E-state index < -0.39 is 11.9 Å². The van der Waals surface area contributed by atoms with Gasteiger partial charge in [0.05, 0.1) is 47.7 Å². The fraction of sp³-hybridized carbons (Fsp3) is 0.300. The predicted octanol–water partition coefficient (Wildman–Crippen LogP) is 5.70. The number of hydrogen-bond donors (Lipinski definition) is 0. The molecule has 1 aromatic carbocycles. The van der Waals surface area contributed by atoms with E-state index in [0.717, 1.165) is 16.7 Å². The summed E-state index contributed by atoms with van der Waals surface area (Å²) in [6.07, 6.45) is 1.49. The number of rotatable bonds is 4. The smallest absolute Gasteiger partial charge is 0.409 e. The van der Waals surface area contributed by atoms with Crippen LogP contribution in [0.5, 0.6) is 0 Å². The Balaban J connectivity index is 1.78. The van der Waals surface area contributed by atoms with Gasteiger partial charge in [-0.15, -0.1) is 0 Å². The van der Waals surface area contributed by atoms with Gasteiger partial charge in [0.2, 0.25) is 0 Å². The minimum Gasteiger partial charge on any atom is -0.453 e. The van der Waals surface area contributed by atoms with E-state index >= 15 is 0 Å². The van der Waals surface area contributed by atoms with Gasteiger partial charge in [-0.2, -0.15) is 0 Å². The lowest BCUT2D eigenvalue weighted by atomic mass is 10.0. The maximum Gasteiger partial charge on any atom is 0.409 e. The highest BCUT2D eigenvalue weighted by Gasteiger charge is 2.28. The molecule has 0 radical (unpaired) electrons. The molecule has 1 unspecified atom stereocenters. The number of carbonyl (C=O) groups excluding carboxylic acids is 1. The van der Waals surface area contributed by atoms with E-state index in [9.17, 15) is 9.18 Å². The number of benzene rings is 1. The molecule has 3 aromatic rings. The number of amides is 1. The monoisotopic (exact) mass is 503 g/mol. The van der Waals surface area contributed by atoms with Gasteiger partial charge in [-0.1, -0.05) is 23.2 Å². The maximum atomic E-state index is 14.5. The summed E-state index contributed by atoms with van der Waals surface area (Å²) >= 11 is 12.6. The van der Waals surface area contributed by atoms with Gasteiger partial charge in [-0.3, -0.25) is 0 Å². The largest absolute Gasteiger partial charge is 0.453 e. The van der Waals surface area contributed by atoms with Gasteiger partial charge in [0.15, 0.2) is 0 Å². The summed E-state index contributed by atoms with van der Waals surface area (Å²) in [7, 11) is 7.82. The Hall–Kier alpha value is -1.71. The van der Waals surface area contributed by atoms with Crippen LogP contribution in [0.2, 0.25) is 10.0 Å². The van der Waals surface area contributed by atoms with Crippen molar-refractivity contribution in [3.63, 3.8) is 0 Å². The molecule has 164 valence electrons. The molecule has 1 aliphatic rings. The van der Waals surface area contributed by atoms with Gasteiger partial charge in [0, 0.05) is 35.8 Å². The zero-order valence-corrected chi connectivity index (χ0v) is 19.4. The number of hydrogen-bond acceptors (Lipinski definition) is 5. The number of fused-ring (bicyclic) bond motifs is 1. The summed E-state index contributed by atoms with van der Waals surface area (Å²) in [5.41, 5.74) is 2.29. The average Bonchev–Trinajstić information content (AvgIpc) is 3.11. The molecule has 6 nitrogen and oxygen atoms in total. The van der Waals surface area contributed by atoms with Crippen LogP contribution in [0.1, 0.15) is 5.69 Å². The van der Waals surface area contributed by atoms with Crippen LogP contribution in [0.3, 0.4) is 0 Å². The third kappa shape index (κ3) is 4.59. The van der Waals surface area contributed by atoms with Crippen LogP contribution in [0.25, 0.3) is 16.9 Å². The van der Waals surface area contributed by atoms with Crippen LogP contribution in [0.4, 0.5) is 9.18 Å². The number of imidazole rings is 1. The topological polar surface area (TPSA) is 56.1 Å². The van der Waals surface area contributed by atoms with E-state index in [1.807, 2.05) is 4.40 Å². The molecule has 1 aliphatic heterocycles. The standard InChI is InChI=1S/C20H17Cl3FN3O3S/c1-29-20(28)26-4-5-30-12(10-26)7-16-19(25-18-6-11(21)2-3-27(16)18)13-8-15(24)17(31-23)9-14(13)22/h2-3,6,8-9,12H,4-5,7,10H2,1H3. The molecule has 31 heavy (non-hydrogen) atoms. The normalized spacial score (nSPS) is 16.7. The van der Waals surface area contributed by atoms with E-state index in [0.29, 0.717) is 53.1 Å². The lowest BCUT2D eigenvalue weighted by molar-refractivity contribution is -0.0241. The second-order valence-electron chi connectivity index (χ2n) is 6.93. The van der Waals surface area contributed by atoms with E-state index in [1.54, 1.807) is 23.2 Å². The summed E-state index contributed by atoms with van der Waals surface area (Å²) < 4.78 is 27.1. The van der Waals surface area contributed by atoms with Crippen molar-refractivity contribution in [2.24, 2.45) is 0 Å². The van der Waals surface area contributed by atoms with Crippen molar-refractivity contribution in [3.05, 3.63) is 52.0 Å². The van der Waals surface area contributed by atoms with E-state index in [-0.39, 0.29) is 11.0 Å². The lowest BCUT2D eigenvalue weighted by Crippen LogP contribution is -2.46. The maximum absolute atomic E-state index is 14.5. The molecule has 4 rings (SSSR count). The molecule has 0 bridgehead atoms. The van der Waals surface area contributed by atoms with Crippen molar-refractivity contribution in [1.82, 2.24) is 14.3 Å². The first-order valence-corrected chi connectivity index (χ1v) is 11.7. The fourth-order valence-corrected chi connectivity index (χ4v) is 4.73. The number of carbonyl (C=O) groups is 1. The minimum atomic E-state index is -0.494. The molecule has 1 saturated heterocycles.